The summed E-state index contributed by atoms with van der Waals surface area (Å²) in [5, 5.41) is 30.8. The standard InChI is InChI=1S/C18H22N8O3/c1-11-5-13(24-29-11)16-22-20-7-14-12(6-18(2,3)9-27)17(23-26(14)16)28-8-15-19-10-21-25(15)4/h5,7,10,27H,6,8-9H2,1-4H3. The van der Waals surface area contributed by atoms with Gasteiger partial charge in [-0.25, -0.2) is 9.50 Å². The van der Waals surface area contributed by atoms with Gasteiger partial charge in [-0.2, -0.15) is 10.2 Å². The molecule has 29 heavy (non-hydrogen) atoms. The Hall–Kier alpha value is -3.34. The van der Waals surface area contributed by atoms with Crippen molar-refractivity contribution in [2.24, 2.45) is 12.5 Å². The monoisotopic (exact) mass is 398 g/mol. The molecule has 0 aliphatic carbocycles. The van der Waals surface area contributed by atoms with Gasteiger partial charge in [-0.3, -0.25) is 4.68 Å². The predicted octanol–water partition coefficient (Wildman–Crippen LogP) is 1.36. The molecule has 0 aromatic carbocycles. The highest BCUT2D eigenvalue weighted by atomic mass is 16.5. The van der Waals surface area contributed by atoms with E-state index in [9.17, 15) is 5.11 Å². The van der Waals surface area contributed by atoms with Crippen molar-refractivity contribution in [3.05, 3.63) is 35.7 Å². The highest BCUT2D eigenvalue weighted by Crippen LogP contribution is 2.32. The van der Waals surface area contributed by atoms with Gasteiger partial charge in [0.15, 0.2) is 11.5 Å². The fourth-order valence-corrected chi connectivity index (χ4v) is 2.95. The van der Waals surface area contributed by atoms with E-state index in [-0.39, 0.29) is 18.6 Å². The minimum atomic E-state index is -0.375. The van der Waals surface area contributed by atoms with Gasteiger partial charge < -0.3 is 14.4 Å². The molecule has 11 heteroatoms. The van der Waals surface area contributed by atoms with Gasteiger partial charge in [0.1, 0.15) is 18.7 Å². The fourth-order valence-electron chi connectivity index (χ4n) is 2.95. The third-order valence-electron chi connectivity index (χ3n) is 4.60. The second-order valence-corrected chi connectivity index (χ2v) is 7.66. The Morgan fingerprint density at radius 2 is 2.14 bits per heavy atom. The molecular formula is C18H22N8O3. The highest BCUT2D eigenvalue weighted by Gasteiger charge is 2.26. The summed E-state index contributed by atoms with van der Waals surface area (Å²) in [6, 6.07) is 1.77. The van der Waals surface area contributed by atoms with Crippen LogP contribution in [0, 0.1) is 12.3 Å². The summed E-state index contributed by atoms with van der Waals surface area (Å²) in [4.78, 5) is 4.18. The van der Waals surface area contributed by atoms with Crippen molar-refractivity contribution in [1.82, 2.24) is 39.7 Å². The molecule has 4 heterocycles. The highest BCUT2D eigenvalue weighted by molar-refractivity contribution is 5.63. The third-order valence-corrected chi connectivity index (χ3v) is 4.60. The second-order valence-electron chi connectivity index (χ2n) is 7.66. The van der Waals surface area contributed by atoms with Gasteiger partial charge in [-0.05, 0) is 18.8 Å². The van der Waals surface area contributed by atoms with Crippen molar-refractivity contribution < 1.29 is 14.4 Å². The lowest BCUT2D eigenvalue weighted by Crippen LogP contribution is -2.20. The molecule has 0 aliphatic heterocycles. The molecule has 0 saturated heterocycles. The maximum Gasteiger partial charge on any atom is 0.237 e. The molecule has 0 amide bonds. The average Bonchev–Trinajstić information content (AvgIpc) is 3.39. The van der Waals surface area contributed by atoms with E-state index < -0.39 is 0 Å². The lowest BCUT2D eigenvalue weighted by atomic mass is 9.87. The molecule has 152 valence electrons. The van der Waals surface area contributed by atoms with Crippen LogP contribution < -0.4 is 4.74 Å². The predicted molar refractivity (Wildman–Crippen MR) is 101 cm³/mol. The van der Waals surface area contributed by atoms with Crippen molar-refractivity contribution in [3.63, 3.8) is 0 Å². The first-order valence-electron chi connectivity index (χ1n) is 9.11. The number of rotatable bonds is 7. The summed E-state index contributed by atoms with van der Waals surface area (Å²) in [5.74, 6) is 2.19. The Bertz CT molecular complexity index is 1140. The zero-order valence-corrected chi connectivity index (χ0v) is 16.7. The number of ether oxygens (including phenoxy) is 1. The minimum Gasteiger partial charge on any atom is -0.468 e. The number of fused-ring (bicyclic) bond motifs is 1. The lowest BCUT2D eigenvalue weighted by Gasteiger charge is -2.21. The number of aryl methyl sites for hydroxylation is 2. The summed E-state index contributed by atoms with van der Waals surface area (Å²) in [7, 11) is 1.80. The molecule has 4 aromatic rings. The Kier molecular flexibility index (Phi) is 4.74. The zero-order chi connectivity index (χ0) is 20.6. The van der Waals surface area contributed by atoms with Gasteiger partial charge in [0.05, 0.1) is 11.7 Å². The van der Waals surface area contributed by atoms with Crippen LogP contribution in [0.5, 0.6) is 5.88 Å². The third kappa shape index (κ3) is 3.68. The molecular weight excluding hydrogens is 376 g/mol. The minimum absolute atomic E-state index is 0.0148. The number of hydrogen-bond donors (Lipinski definition) is 1. The quantitative estimate of drug-likeness (QED) is 0.490. The van der Waals surface area contributed by atoms with Gasteiger partial charge in [-0.15, -0.1) is 10.2 Å². The molecule has 0 aliphatic rings. The fraction of sp³-hybridized carbons (Fsp3) is 0.444. The van der Waals surface area contributed by atoms with Gasteiger partial charge in [-0.1, -0.05) is 19.0 Å². The van der Waals surface area contributed by atoms with E-state index in [0.29, 0.717) is 35.4 Å². The smallest absolute Gasteiger partial charge is 0.237 e. The van der Waals surface area contributed by atoms with Crippen LogP contribution in [-0.2, 0) is 20.1 Å². The van der Waals surface area contributed by atoms with E-state index in [1.807, 2.05) is 13.8 Å². The first kappa shape index (κ1) is 19.0. The van der Waals surface area contributed by atoms with Crippen LogP contribution >= 0.6 is 0 Å². The molecule has 0 atom stereocenters. The first-order chi connectivity index (χ1) is 13.9. The summed E-state index contributed by atoms with van der Waals surface area (Å²) in [6.45, 7) is 5.96. The van der Waals surface area contributed by atoms with E-state index in [2.05, 4.69) is 30.5 Å². The van der Waals surface area contributed by atoms with Crippen molar-refractivity contribution in [2.75, 3.05) is 6.61 Å². The summed E-state index contributed by atoms with van der Waals surface area (Å²) in [5.41, 5.74) is 1.70. The van der Waals surface area contributed by atoms with E-state index in [1.165, 1.54) is 6.33 Å². The van der Waals surface area contributed by atoms with Crippen LogP contribution in [0.2, 0.25) is 0 Å². The average molecular weight is 398 g/mol. The van der Waals surface area contributed by atoms with Gasteiger partial charge in [0.25, 0.3) is 0 Å². The number of nitrogens with zero attached hydrogens (tertiary/aromatic N) is 8. The van der Waals surface area contributed by atoms with Crippen LogP contribution in [0.25, 0.3) is 17.0 Å². The number of aromatic nitrogens is 8. The Labute approximate surface area is 166 Å². The van der Waals surface area contributed by atoms with Gasteiger partial charge in [0.2, 0.25) is 11.7 Å². The molecule has 0 saturated carbocycles. The lowest BCUT2D eigenvalue weighted by molar-refractivity contribution is 0.158. The largest absolute Gasteiger partial charge is 0.468 e. The summed E-state index contributed by atoms with van der Waals surface area (Å²) in [6.07, 6.45) is 3.63. The summed E-state index contributed by atoms with van der Waals surface area (Å²) < 4.78 is 14.4. The SMILES string of the molecule is Cc1cc(-c2nncc3c(CC(C)(C)CO)c(OCc4ncnn4C)nn23)no1. The molecule has 11 nitrogen and oxygen atoms in total. The molecule has 4 aromatic heterocycles. The zero-order valence-electron chi connectivity index (χ0n) is 16.7. The number of aliphatic hydroxyl groups excluding tert-OH is 1. The van der Waals surface area contributed by atoms with E-state index in [4.69, 9.17) is 9.26 Å². The van der Waals surface area contributed by atoms with E-state index in [1.54, 1.807) is 35.4 Å². The van der Waals surface area contributed by atoms with Crippen LogP contribution in [0.1, 0.15) is 31.0 Å². The van der Waals surface area contributed by atoms with Crippen molar-refractivity contribution in [1.29, 1.82) is 0 Å². The van der Waals surface area contributed by atoms with Crippen molar-refractivity contribution in [3.8, 4) is 17.4 Å². The van der Waals surface area contributed by atoms with Crippen LogP contribution in [0.15, 0.2) is 23.1 Å². The van der Waals surface area contributed by atoms with Gasteiger partial charge in [0, 0.05) is 25.3 Å². The van der Waals surface area contributed by atoms with E-state index in [0.717, 1.165) is 11.1 Å². The number of hydrogen-bond acceptors (Lipinski definition) is 9. The van der Waals surface area contributed by atoms with Crippen LogP contribution in [0.4, 0.5) is 0 Å². The normalized spacial score (nSPS) is 12.0. The Balaban J connectivity index is 1.80. The topological polar surface area (TPSA) is 129 Å². The van der Waals surface area contributed by atoms with Crippen molar-refractivity contribution in [2.45, 2.75) is 33.8 Å². The molecule has 0 spiro atoms. The first-order valence-corrected chi connectivity index (χ1v) is 9.11. The van der Waals surface area contributed by atoms with Crippen molar-refractivity contribution >= 4 is 5.52 Å². The molecule has 0 radical (unpaired) electrons. The van der Waals surface area contributed by atoms with Crippen LogP contribution in [-0.4, -0.2) is 51.4 Å². The summed E-state index contributed by atoms with van der Waals surface area (Å²) >= 11 is 0. The van der Waals surface area contributed by atoms with Gasteiger partial charge >= 0.3 is 0 Å². The molecule has 0 unspecified atom stereocenters. The second kappa shape index (κ2) is 7.24. The number of aliphatic hydroxyl groups is 1. The Morgan fingerprint density at radius 1 is 1.31 bits per heavy atom. The van der Waals surface area contributed by atoms with E-state index >= 15 is 0 Å². The maximum absolute atomic E-state index is 9.77. The molecule has 0 fully saturated rings. The maximum atomic E-state index is 9.77. The molecule has 4 rings (SSSR count). The van der Waals surface area contributed by atoms with Crippen LogP contribution in [0.3, 0.4) is 0 Å². The Morgan fingerprint density at radius 3 is 2.79 bits per heavy atom. The molecule has 1 N–H and O–H groups in total. The molecule has 0 bridgehead atoms.